The zero-order valence-electron chi connectivity index (χ0n) is 22.7. The van der Waals surface area contributed by atoms with Crippen LogP contribution in [0.4, 0.5) is 24.9 Å². The van der Waals surface area contributed by atoms with Gasteiger partial charge in [-0.1, -0.05) is 13.8 Å². The van der Waals surface area contributed by atoms with Crippen LogP contribution in [-0.4, -0.2) is 77.1 Å². The van der Waals surface area contributed by atoms with Crippen molar-refractivity contribution < 1.29 is 18.0 Å². The number of piperazine rings is 1. The lowest BCUT2D eigenvalue weighted by Gasteiger charge is -2.42. The number of aromatic nitrogens is 3. The first-order chi connectivity index (χ1) is 18.7. The molecule has 212 valence electrons. The number of nitrogens with one attached hydrogen (secondary N) is 1. The number of carbonyl (C=O) groups excluding carboxylic acids is 1. The number of hydrogen-bond acceptors (Lipinski definition) is 7. The smallest absolute Gasteiger partial charge is 0.353 e. The third kappa shape index (κ3) is 5.97. The maximum atomic E-state index is 14.0. The van der Waals surface area contributed by atoms with Crippen LogP contribution in [0.5, 0.6) is 0 Å². The maximum absolute atomic E-state index is 14.0. The summed E-state index contributed by atoms with van der Waals surface area (Å²) < 4.78 is 39.5. The number of amides is 1. The summed E-state index contributed by atoms with van der Waals surface area (Å²) in [6.45, 7) is 7.98. The van der Waals surface area contributed by atoms with Crippen molar-refractivity contribution in [3.8, 4) is 0 Å². The Balaban J connectivity index is 1.19. The lowest BCUT2D eigenvalue weighted by Crippen LogP contribution is -2.55. The van der Waals surface area contributed by atoms with E-state index in [1.165, 1.54) is 6.20 Å². The summed E-state index contributed by atoms with van der Waals surface area (Å²) in [5.41, 5.74) is -1.13. The standard InChI is InChI=1S/C28H38F3N7O/c1-20(2)27(8-6-22(18-27)35-23-5-3-12-38(19-23)26-33-9-4-10-34-26)25(39)37-15-13-36(14-16-37)24-17-21(7-11-32-24)28(29,30)31/h4,7,9-11,17,20,22-23,35H,3,5-6,8,12-16,18-19H2,1-2H3. The van der Waals surface area contributed by atoms with E-state index in [0.29, 0.717) is 38.0 Å². The highest BCUT2D eigenvalue weighted by Gasteiger charge is 2.50. The van der Waals surface area contributed by atoms with Gasteiger partial charge in [-0.3, -0.25) is 4.79 Å². The number of alkyl halides is 3. The highest BCUT2D eigenvalue weighted by molar-refractivity contribution is 5.84. The number of nitrogens with zero attached hydrogens (tertiary/aromatic N) is 6. The van der Waals surface area contributed by atoms with Crippen LogP contribution in [0.2, 0.25) is 0 Å². The third-order valence-electron chi connectivity index (χ3n) is 8.77. The van der Waals surface area contributed by atoms with Gasteiger partial charge in [0.1, 0.15) is 5.82 Å². The van der Waals surface area contributed by atoms with Crippen LogP contribution in [0, 0.1) is 11.3 Å². The molecule has 1 saturated carbocycles. The minimum Gasteiger partial charge on any atom is -0.353 e. The summed E-state index contributed by atoms with van der Waals surface area (Å²) in [6, 6.07) is 4.51. The molecular weight excluding hydrogens is 507 g/mol. The molecule has 0 bridgehead atoms. The second kappa shape index (κ2) is 11.3. The van der Waals surface area contributed by atoms with Crippen LogP contribution in [0.15, 0.2) is 36.8 Å². The number of halogens is 3. The van der Waals surface area contributed by atoms with Gasteiger partial charge in [-0.2, -0.15) is 13.2 Å². The Hall–Kier alpha value is -2.95. The van der Waals surface area contributed by atoms with Gasteiger partial charge in [0, 0.05) is 69.9 Å². The summed E-state index contributed by atoms with van der Waals surface area (Å²) in [5, 5.41) is 3.85. The first-order valence-electron chi connectivity index (χ1n) is 14.0. The molecule has 0 spiro atoms. The topological polar surface area (TPSA) is 77.5 Å². The van der Waals surface area contributed by atoms with Crippen LogP contribution in [0.1, 0.15) is 51.5 Å². The van der Waals surface area contributed by atoms with E-state index in [4.69, 9.17) is 0 Å². The normalized spacial score (nSPS) is 26.4. The van der Waals surface area contributed by atoms with Crippen molar-refractivity contribution >= 4 is 17.7 Å². The Morgan fingerprint density at radius 1 is 1.00 bits per heavy atom. The van der Waals surface area contributed by atoms with Gasteiger partial charge in [0.2, 0.25) is 11.9 Å². The van der Waals surface area contributed by atoms with Crippen molar-refractivity contribution in [2.45, 2.75) is 64.2 Å². The Morgan fingerprint density at radius 3 is 2.44 bits per heavy atom. The van der Waals surface area contributed by atoms with Gasteiger partial charge in [0.15, 0.2) is 0 Å². The Morgan fingerprint density at radius 2 is 1.74 bits per heavy atom. The average molecular weight is 546 g/mol. The van der Waals surface area contributed by atoms with Gasteiger partial charge in [0.05, 0.1) is 11.0 Å². The lowest BCUT2D eigenvalue weighted by atomic mass is 9.74. The van der Waals surface area contributed by atoms with E-state index in [0.717, 1.165) is 63.3 Å². The molecule has 0 radical (unpaired) electrons. The molecule has 0 aromatic carbocycles. The zero-order valence-corrected chi connectivity index (χ0v) is 22.7. The Kier molecular flexibility index (Phi) is 7.98. The number of hydrogen-bond donors (Lipinski definition) is 1. The minimum absolute atomic E-state index is 0.182. The van der Waals surface area contributed by atoms with Gasteiger partial charge >= 0.3 is 6.18 Å². The molecule has 2 aromatic heterocycles. The maximum Gasteiger partial charge on any atom is 0.416 e. The molecule has 3 unspecified atom stereocenters. The molecule has 1 amide bonds. The van der Waals surface area contributed by atoms with Crippen molar-refractivity contribution in [3.63, 3.8) is 0 Å². The Labute approximate surface area is 228 Å². The summed E-state index contributed by atoms with van der Waals surface area (Å²) in [7, 11) is 0. The molecule has 3 atom stereocenters. The summed E-state index contributed by atoms with van der Waals surface area (Å²) >= 11 is 0. The van der Waals surface area contributed by atoms with Crippen molar-refractivity contribution in [2.75, 3.05) is 49.1 Å². The molecule has 8 nitrogen and oxygen atoms in total. The van der Waals surface area contributed by atoms with E-state index in [1.54, 1.807) is 12.4 Å². The fourth-order valence-electron chi connectivity index (χ4n) is 6.49. The van der Waals surface area contributed by atoms with Crippen molar-refractivity contribution in [2.24, 2.45) is 11.3 Å². The molecule has 39 heavy (non-hydrogen) atoms. The first kappa shape index (κ1) is 27.6. The molecule has 2 aromatic rings. The number of carbonyl (C=O) groups is 1. The summed E-state index contributed by atoms with van der Waals surface area (Å²) in [6.07, 6.45) is 5.10. The van der Waals surface area contributed by atoms with E-state index < -0.39 is 17.2 Å². The van der Waals surface area contributed by atoms with E-state index in [1.807, 2.05) is 15.9 Å². The van der Waals surface area contributed by atoms with Gasteiger partial charge in [0.25, 0.3) is 0 Å². The monoisotopic (exact) mass is 545 g/mol. The van der Waals surface area contributed by atoms with Gasteiger partial charge < -0.3 is 20.0 Å². The number of pyridine rings is 1. The SMILES string of the molecule is CC(C)C1(C(=O)N2CCN(c3cc(C(F)(F)F)ccn3)CC2)CCC(NC2CCCN(c3ncccn3)C2)C1. The van der Waals surface area contributed by atoms with Crippen LogP contribution in [0.3, 0.4) is 0 Å². The second-order valence-corrected chi connectivity index (χ2v) is 11.4. The summed E-state index contributed by atoms with van der Waals surface area (Å²) in [5.74, 6) is 1.45. The van der Waals surface area contributed by atoms with Gasteiger partial charge in [-0.05, 0) is 56.2 Å². The van der Waals surface area contributed by atoms with Crippen LogP contribution >= 0.6 is 0 Å². The van der Waals surface area contributed by atoms with Crippen LogP contribution < -0.4 is 15.1 Å². The number of piperidine rings is 1. The van der Waals surface area contributed by atoms with E-state index in [-0.39, 0.29) is 17.9 Å². The van der Waals surface area contributed by atoms with Crippen molar-refractivity contribution in [1.29, 1.82) is 0 Å². The van der Waals surface area contributed by atoms with Crippen molar-refractivity contribution in [3.05, 3.63) is 42.4 Å². The largest absolute Gasteiger partial charge is 0.416 e. The zero-order chi connectivity index (χ0) is 27.6. The minimum atomic E-state index is -4.41. The molecule has 4 heterocycles. The van der Waals surface area contributed by atoms with E-state index in [9.17, 15) is 18.0 Å². The molecule has 2 aliphatic heterocycles. The molecule has 3 fully saturated rings. The number of rotatable bonds is 6. The molecule has 3 aliphatic rings. The predicted octanol–water partition coefficient (Wildman–Crippen LogP) is 3.99. The quantitative estimate of drug-likeness (QED) is 0.588. The van der Waals surface area contributed by atoms with Gasteiger partial charge in [-0.15, -0.1) is 0 Å². The van der Waals surface area contributed by atoms with Crippen molar-refractivity contribution in [1.82, 2.24) is 25.2 Å². The lowest BCUT2D eigenvalue weighted by molar-refractivity contribution is -0.145. The fourth-order valence-corrected chi connectivity index (χ4v) is 6.49. The second-order valence-electron chi connectivity index (χ2n) is 11.4. The molecular formula is C28H38F3N7O. The number of anilines is 2. The third-order valence-corrected chi connectivity index (χ3v) is 8.77. The Bertz CT molecular complexity index is 1120. The molecule has 2 saturated heterocycles. The molecule has 1 N–H and O–H groups in total. The average Bonchev–Trinajstić information content (AvgIpc) is 3.38. The van der Waals surface area contributed by atoms with E-state index >= 15 is 0 Å². The molecule has 11 heteroatoms. The molecule has 5 rings (SSSR count). The highest BCUT2D eigenvalue weighted by atomic mass is 19.4. The van der Waals surface area contributed by atoms with E-state index in [2.05, 4.69) is 39.0 Å². The fraction of sp³-hybridized carbons (Fsp3) is 0.643. The van der Waals surface area contributed by atoms with Crippen LogP contribution in [-0.2, 0) is 11.0 Å². The van der Waals surface area contributed by atoms with Crippen LogP contribution in [0.25, 0.3) is 0 Å². The van der Waals surface area contributed by atoms with Gasteiger partial charge in [-0.25, -0.2) is 15.0 Å². The highest BCUT2D eigenvalue weighted by Crippen LogP contribution is 2.46. The first-order valence-corrected chi connectivity index (χ1v) is 14.0. The predicted molar refractivity (Wildman–Crippen MR) is 143 cm³/mol. The molecule has 1 aliphatic carbocycles. The summed E-state index contributed by atoms with van der Waals surface area (Å²) in [4.78, 5) is 32.9.